The van der Waals surface area contributed by atoms with E-state index in [9.17, 15) is 9.90 Å². The highest BCUT2D eigenvalue weighted by atomic mass is 16.5. The Bertz CT molecular complexity index is 769. The topological polar surface area (TPSA) is 61.8 Å². The molecule has 5 atom stereocenters. The molecule has 4 saturated carbocycles. The molecule has 7 rings (SSSR count). The summed E-state index contributed by atoms with van der Waals surface area (Å²) in [5, 5.41) is 14.3. The zero-order valence-corrected chi connectivity index (χ0v) is 17.7. The highest BCUT2D eigenvalue weighted by Gasteiger charge is 2.55. The normalized spacial score (nSPS) is 43.6. The maximum absolute atomic E-state index is 13.3. The third-order valence-electron chi connectivity index (χ3n) is 8.83. The van der Waals surface area contributed by atoms with E-state index in [1.807, 2.05) is 30.3 Å². The molecule has 5 nitrogen and oxygen atoms in total. The number of rotatable bonds is 4. The van der Waals surface area contributed by atoms with E-state index in [1.54, 1.807) is 0 Å². The Labute approximate surface area is 179 Å². The van der Waals surface area contributed by atoms with Crippen LogP contribution in [0.1, 0.15) is 57.8 Å². The number of nitrogens with one attached hydrogen (secondary N) is 1. The summed E-state index contributed by atoms with van der Waals surface area (Å²) in [6, 6.07) is 11.2. The molecular weight excluding hydrogens is 376 g/mol. The van der Waals surface area contributed by atoms with Crippen LogP contribution in [0.5, 0.6) is 5.75 Å². The molecule has 2 heterocycles. The van der Waals surface area contributed by atoms with Gasteiger partial charge in [0.15, 0.2) is 0 Å². The Morgan fingerprint density at radius 2 is 1.70 bits per heavy atom. The number of hydrogen-bond donors (Lipinski definition) is 2. The third kappa shape index (κ3) is 3.30. The number of hydrogen-bond acceptors (Lipinski definition) is 3. The van der Waals surface area contributed by atoms with E-state index < -0.39 is 5.60 Å². The zero-order chi connectivity index (χ0) is 20.3. The van der Waals surface area contributed by atoms with E-state index in [1.165, 1.54) is 12.8 Å². The number of para-hydroxylation sites is 1. The van der Waals surface area contributed by atoms with Gasteiger partial charge in [-0.3, -0.25) is 0 Å². The maximum atomic E-state index is 13.3. The van der Waals surface area contributed by atoms with E-state index >= 15 is 0 Å². The molecule has 2 saturated heterocycles. The zero-order valence-electron chi connectivity index (χ0n) is 17.7. The maximum Gasteiger partial charge on any atom is 0.318 e. The van der Waals surface area contributed by atoms with Crippen LogP contribution in [0.25, 0.3) is 0 Å². The molecular formula is C25H34N2O3. The average molecular weight is 411 g/mol. The van der Waals surface area contributed by atoms with Crippen LogP contribution < -0.4 is 10.1 Å². The van der Waals surface area contributed by atoms with Gasteiger partial charge in [0.25, 0.3) is 0 Å². The molecule has 6 aliphatic rings. The fourth-order valence-corrected chi connectivity index (χ4v) is 7.92. The molecule has 4 aliphatic carbocycles. The molecule has 162 valence electrons. The first-order chi connectivity index (χ1) is 14.6. The van der Waals surface area contributed by atoms with Crippen LogP contribution in [0.2, 0.25) is 0 Å². The Balaban J connectivity index is 1.07. The van der Waals surface area contributed by atoms with Crippen molar-refractivity contribution in [3.63, 3.8) is 0 Å². The van der Waals surface area contributed by atoms with E-state index in [4.69, 9.17) is 4.74 Å². The molecule has 2 aliphatic heterocycles. The van der Waals surface area contributed by atoms with E-state index in [2.05, 4.69) is 10.2 Å². The number of benzene rings is 1. The SMILES string of the molecule is O=C(NC1C2CC3CC1CC(O)(C3)C2)N1[C@@H]2CC[C@H]1CC(COc1ccccc1)C2. The summed E-state index contributed by atoms with van der Waals surface area (Å²) in [5.41, 5.74) is -0.437. The van der Waals surface area contributed by atoms with Gasteiger partial charge < -0.3 is 20.1 Å². The summed E-state index contributed by atoms with van der Waals surface area (Å²) in [6.45, 7) is 0.749. The fraction of sp³-hybridized carbons (Fsp3) is 0.720. The number of carbonyl (C=O) groups excluding carboxylic acids is 1. The van der Waals surface area contributed by atoms with Crippen molar-refractivity contribution >= 4 is 6.03 Å². The van der Waals surface area contributed by atoms with Crippen molar-refractivity contribution in [3.05, 3.63) is 30.3 Å². The number of urea groups is 1. The lowest BCUT2D eigenvalue weighted by Gasteiger charge is -2.58. The molecule has 2 amide bonds. The molecule has 0 spiro atoms. The Morgan fingerprint density at radius 1 is 1.03 bits per heavy atom. The molecule has 6 bridgehead atoms. The first kappa shape index (κ1) is 19.0. The van der Waals surface area contributed by atoms with Gasteiger partial charge in [0.1, 0.15) is 5.75 Å². The molecule has 3 unspecified atom stereocenters. The van der Waals surface area contributed by atoms with E-state index in [0.29, 0.717) is 35.8 Å². The number of piperidine rings is 1. The number of carbonyl (C=O) groups is 1. The summed E-state index contributed by atoms with van der Waals surface area (Å²) in [4.78, 5) is 15.5. The minimum Gasteiger partial charge on any atom is -0.493 e. The van der Waals surface area contributed by atoms with Gasteiger partial charge in [-0.1, -0.05) is 18.2 Å². The van der Waals surface area contributed by atoms with Crippen molar-refractivity contribution in [2.24, 2.45) is 23.7 Å². The Morgan fingerprint density at radius 3 is 2.33 bits per heavy atom. The lowest BCUT2D eigenvalue weighted by molar-refractivity contribution is -0.137. The molecule has 0 aromatic heterocycles. The second-order valence-electron chi connectivity index (χ2n) is 10.9. The predicted molar refractivity (Wildman–Crippen MR) is 114 cm³/mol. The molecule has 1 aromatic rings. The molecule has 0 radical (unpaired) electrons. The summed E-state index contributed by atoms with van der Waals surface area (Å²) < 4.78 is 6.02. The van der Waals surface area contributed by atoms with Crippen LogP contribution in [0.4, 0.5) is 4.79 Å². The first-order valence-corrected chi connectivity index (χ1v) is 12.1. The van der Waals surface area contributed by atoms with Crippen LogP contribution in [0.3, 0.4) is 0 Å². The van der Waals surface area contributed by atoms with Gasteiger partial charge in [0.05, 0.1) is 12.2 Å². The van der Waals surface area contributed by atoms with Gasteiger partial charge in [-0.15, -0.1) is 0 Å². The van der Waals surface area contributed by atoms with Gasteiger partial charge in [-0.2, -0.15) is 0 Å². The lowest BCUT2D eigenvalue weighted by Crippen LogP contribution is -2.63. The number of aliphatic hydroxyl groups is 1. The van der Waals surface area contributed by atoms with Gasteiger partial charge in [0, 0.05) is 18.1 Å². The van der Waals surface area contributed by atoms with Crippen LogP contribution in [0.15, 0.2) is 30.3 Å². The number of amides is 2. The van der Waals surface area contributed by atoms with Crippen LogP contribution in [-0.4, -0.2) is 46.4 Å². The quantitative estimate of drug-likeness (QED) is 0.790. The smallest absolute Gasteiger partial charge is 0.318 e. The van der Waals surface area contributed by atoms with Gasteiger partial charge in [-0.25, -0.2) is 4.79 Å². The summed E-state index contributed by atoms with van der Waals surface area (Å²) in [6.07, 6.45) is 9.49. The average Bonchev–Trinajstić information content (AvgIpc) is 2.99. The third-order valence-corrected chi connectivity index (χ3v) is 8.83. The largest absolute Gasteiger partial charge is 0.493 e. The van der Waals surface area contributed by atoms with E-state index in [0.717, 1.165) is 57.3 Å². The molecule has 30 heavy (non-hydrogen) atoms. The van der Waals surface area contributed by atoms with Crippen molar-refractivity contribution in [2.75, 3.05) is 6.61 Å². The first-order valence-electron chi connectivity index (χ1n) is 12.1. The second-order valence-corrected chi connectivity index (χ2v) is 10.9. The minimum absolute atomic E-state index is 0.161. The lowest BCUT2D eigenvalue weighted by atomic mass is 9.52. The number of nitrogens with zero attached hydrogens (tertiary/aromatic N) is 1. The summed E-state index contributed by atoms with van der Waals surface area (Å²) in [7, 11) is 0. The number of ether oxygens (including phenoxy) is 1. The number of fused-ring (bicyclic) bond motifs is 2. The van der Waals surface area contributed by atoms with Crippen molar-refractivity contribution < 1.29 is 14.6 Å². The summed E-state index contributed by atoms with van der Waals surface area (Å²) >= 11 is 0. The minimum atomic E-state index is -0.437. The van der Waals surface area contributed by atoms with Crippen LogP contribution in [0, 0.1) is 23.7 Å². The van der Waals surface area contributed by atoms with Crippen molar-refractivity contribution in [2.45, 2.75) is 81.5 Å². The van der Waals surface area contributed by atoms with Crippen molar-refractivity contribution in [3.8, 4) is 5.75 Å². The van der Waals surface area contributed by atoms with Crippen LogP contribution >= 0.6 is 0 Å². The van der Waals surface area contributed by atoms with Crippen molar-refractivity contribution in [1.29, 1.82) is 0 Å². The molecule has 2 N–H and O–H groups in total. The van der Waals surface area contributed by atoms with Gasteiger partial charge >= 0.3 is 6.03 Å². The van der Waals surface area contributed by atoms with Crippen LogP contribution in [-0.2, 0) is 0 Å². The standard InChI is InChI=1S/C25H34N2O3/c28-24(26-23-18-8-16-9-19(23)14-25(29,12-16)13-18)27-20-6-7-21(27)11-17(10-20)15-30-22-4-2-1-3-5-22/h1-5,16-21,23,29H,6-15H2,(H,26,28)/t16?,17?,18?,19?,20-,21+,23?,25?. The fourth-order valence-electron chi connectivity index (χ4n) is 7.92. The molecule has 6 fully saturated rings. The molecule has 1 aromatic carbocycles. The summed E-state index contributed by atoms with van der Waals surface area (Å²) in [5.74, 6) is 3.09. The van der Waals surface area contributed by atoms with E-state index in [-0.39, 0.29) is 12.1 Å². The monoisotopic (exact) mass is 410 g/mol. The second kappa shape index (κ2) is 7.15. The highest BCUT2D eigenvalue weighted by molar-refractivity contribution is 5.76. The Hall–Kier alpha value is -1.75. The predicted octanol–water partition coefficient (Wildman–Crippen LogP) is 3.96. The van der Waals surface area contributed by atoms with Gasteiger partial charge in [0.2, 0.25) is 0 Å². The highest BCUT2D eigenvalue weighted by Crippen LogP contribution is 2.55. The van der Waals surface area contributed by atoms with Gasteiger partial charge in [-0.05, 0) is 93.6 Å². The molecule has 5 heteroatoms. The van der Waals surface area contributed by atoms with Crippen molar-refractivity contribution in [1.82, 2.24) is 10.2 Å². The Kier molecular flexibility index (Phi) is 4.52.